The maximum atomic E-state index is 10.9. The van der Waals surface area contributed by atoms with Crippen LogP contribution in [0.15, 0.2) is 30.3 Å². The van der Waals surface area contributed by atoms with E-state index in [0.717, 1.165) is 4.88 Å². The van der Waals surface area contributed by atoms with Crippen molar-refractivity contribution in [2.75, 3.05) is 5.32 Å². The Bertz CT molecular complexity index is 586. The normalized spacial score (nSPS) is 10.3. The van der Waals surface area contributed by atoms with E-state index in [1.807, 2.05) is 6.07 Å². The topological polar surface area (TPSA) is 55.2 Å². The monoisotopic (exact) mass is 302 g/mol. The van der Waals surface area contributed by atoms with Crippen LogP contribution in [0.4, 0.5) is 11.4 Å². The van der Waals surface area contributed by atoms with Gasteiger partial charge in [-0.3, -0.25) is 10.1 Å². The van der Waals surface area contributed by atoms with Crippen LogP contribution in [-0.2, 0) is 6.54 Å². The summed E-state index contributed by atoms with van der Waals surface area (Å²) in [7, 11) is 0. The summed E-state index contributed by atoms with van der Waals surface area (Å²) in [5.41, 5.74) is 0.402. The Labute approximate surface area is 117 Å². The smallest absolute Gasteiger partial charge is 0.292 e. The largest absolute Gasteiger partial charge is 0.375 e. The molecule has 18 heavy (non-hydrogen) atoms. The lowest BCUT2D eigenvalue weighted by molar-refractivity contribution is -0.384. The molecular weight excluding hydrogens is 295 g/mol. The second-order valence-electron chi connectivity index (χ2n) is 3.48. The van der Waals surface area contributed by atoms with Crippen LogP contribution >= 0.6 is 34.5 Å². The van der Waals surface area contributed by atoms with Crippen LogP contribution in [0.3, 0.4) is 0 Å². The third-order valence-electron chi connectivity index (χ3n) is 2.24. The maximum absolute atomic E-state index is 10.9. The van der Waals surface area contributed by atoms with Crippen molar-refractivity contribution in [2.45, 2.75) is 6.54 Å². The quantitative estimate of drug-likeness (QED) is 0.664. The lowest BCUT2D eigenvalue weighted by Gasteiger charge is -2.06. The standard InChI is InChI=1S/C11H8Cl2N2O2S/c12-7-1-3-10(15(16)17)9(5-7)14-6-8-2-4-11(13)18-8/h1-5,14H,6H2. The van der Waals surface area contributed by atoms with E-state index >= 15 is 0 Å². The van der Waals surface area contributed by atoms with E-state index < -0.39 is 4.92 Å². The molecule has 0 amide bonds. The summed E-state index contributed by atoms with van der Waals surface area (Å²) >= 11 is 13.1. The highest BCUT2D eigenvalue weighted by Crippen LogP contribution is 2.29. The Morgan fingerprint density at radius 3 is 2.67 bits per heavy atom. The predicted octanol–water partition coefficient (Wildman–Crippen LogP) is 4.58. The van der Waals surface area contributed by atoms with Gasteiger partial charge >= 0.3 is 0 Å². The highest BCUT2D eigenvalue weighted by Gasteiger charge is 2.13. The SMILES string of the molecule is O=[N+]([O-])c1ccc(Cl)cc1NCc1ccc(Cl)s1. The lowest BCUT2D eigenvalue weighted by atomic mass is 10.2. The molecule has 2 rings (SSSR count). The number of benzene rings is 1. The van der Waals surface area contributed by atoms with E-state index in [4.69, 9.17) is 23.2 Å². The molecule has 1 N–H and O–H groups in total. The summed E-state index contributed by atoms with van der Waals surface area (Å²) in [4.78, 5) is 11.4. The molecule has 0 saturated carbocycles. The molecule has 0 aliphatic heterocycles. The number of nitrogens with one attached hydrogen (secondary N) is 1. The van der Waals surface area contributed by atoms with E-state index in [2.05, 4.69) is 5.32 Å². The van der Waals surface area contributed by atoms with Gasteiger partial charge in [-0.2, -0.15) is 0 Å². The van der Waals surface area contributed by atoms with E-state index in [0.29, 0.717) is 21.6 Å². The van der Waals surface area contributed by atoms with E-state index in [1.165, 1.54) is 29.5 Å². The molecule has 0 aliphatic rings. The number of halogens is 2. The second kappa shape index (κ2) is 5.56. The minimum absolute atomic E-state index is 0.00190. The fraction of sp³-hybridized carbons (Fsp3) is 0.0909. The van der Waals surface area contributed by atoms with Crippen LogP contribution < -0.4 is 5.32 Å². The van der Waals surface area contributed by atoms with Gasteiger partial charge in [0.2, 0.25) is 0 Å². The fourth-order valence-corrected chi connectivity index (χ4v) is 2.64. The van der Waals surface area contributed by atoms with Crippen molar-refractivity contribution in [1.82, 2.24) is 0 Å². The maximum Gasteiger partial charge on any atom is 0.292 e. The predicted molar refractivity (Wildman–Crippen MR) is 74.8 cm³/mol. The number of hydrogen-bond donors (Lipinski definition) is 1. The molecule has 1 aromatic carbocycles. The Balaban J connectivity index is 2.17. The van der Waals surface area contributed by atoms with Gasteiger partial charge in [-0.15, -0.1) is 11.3 Å². The Morgan fingerprint density at radius 1 is 1.28 bits per heavy atom. The van der Waals surface area contributed by atoms with E-state index in [-0.39, 0.29) is 5.69 Å². The van der Waals surface area contributed by atoms with Gasteiger partial charge in [-0.05, 0) is 24.3 Å². The van der Waals surface area contributed by atoms with Crippen LogP contribution in [-0.4, -0.2) is 4.92 Å². The summed E-state index contributed by atoms with van der Waals surface area (Å²) in [6, 6.07) is 8.07. The molecule has 2 aromatic rings. The summed E-state index contributed by atoms with van der Waals surface area (Å²) < 4.78 is 0.687. The minimum Gasteiger partial charge on any atom is -0.375 e. The number of nitro benzene ring substituents is 1. The molecule has 0 spiro atoms. The molecule has 94 valence electrons. The average Bonchev–Trinajstić information content (AvgIpc) is 2.72. The average molecular weight is 303 g/mol. The molecule has 7 heteroatoms. The summed E-state index contributed by atoms with van der Waals surface area (Å²) in [6.45, 7) is 0.471. The third-order valence-corrected chi connectivity index (χ3v) is 3.70. The van der Waals surface area contributed by atoms with Crippen molar-refractivity contribution in [1.29, 1.82) is 0 Å². The van der Waals surface area contributed by atoms with Gasteiger partial charge in [-0.1, -0.05) is 23.2 Å². The van der Waals surface area contributed by atoms with Crippen LogP contribution in [0.5, 0.6) is 0 Å². The van der Waals surface area contributed by atoms with Crippen LogP contribution in [0.25, 0.3) is 0 Å². The number of hydrogen-bond acceptors (Lipinski definition) is 4. The van der Waals surface area contributed by atoms with Gasteiger partial charge in [-0.25, -0.2) is 0 Å². The van der Waals surface area contributed by atoms with Crippen molar-refractivity contribution in [2.24, 2.45) is 0 Å². The number of nitrogens with zero attached hydrogens (tertiary/aromatic N) is 1. The Kier molecular flexibility index (Phi) is 4.06. The second-order valence-corrected chi connectivity index (χ2v) is 5.71. The zero-order valence-corrected chi connectivity index (χ0v) is 11.4. The van der Waals surface area contributed by atoms with Crippen molar-refractivity contribution < 1.29 is 4.92 Å². The molecule has 0 aliphatic carbocycles. The molecule has 0 fully saturated rings. The van der Waals surface area contributed by atoms with Crippen molar-refractivity contribution in [3.05, 3.63) is 54.7 Å². The highest BCUT2D eigenvalue weighted by atomic mass is 35.5. The molecular formula is C11H8Cl2N2O2S. The molecule has 0 saturated heterocycles. The molecule has 1 aromatic heterocycles. The Morgan fingerprint density at radius 2 is 2.06 bits per heavy atom. The first-order valence-electron chi connectivity index (χ1n) is 4.98. The zero-order chi connectivity index (χ0) is 13.1. The zero-order valence-electron chi connectivity index (χ0n) is 9.02. The summed E-state index contributed by atoms with van der Waals surface area (Å²) in [6.07, 6.45) is 0. The van der Waals surface area contributed by atoms with Gasteiger partial charge in [0.1, 0.15) is 5.69 Å². The number of nitro groups is 1. The molecule has 0 unspecified atom stereocenters. The van der Waals surface area contributed by atoms with Gasteiger partial charge in [0.05, 0.1) is 9.26 Å². The molecule has 1 heterocycles. The van der Waals surface area contributed by atoms with Gasteiger partial charge in [0.25, 0.3) is 5.69 Å². The molecule has 0 atom stereocenters. The summed E-state index contributed by atoms with van der Waals surface area (Å²) in [5.74, 6) is 0. The molecule has 4 nitrogen and oxygen atoms in total. The lowest BCUT2D eigenvalue weighted by Crippen LogP contribution is -2.01. The molecule has 0 radical (unpaired) electrons. The van der Waals surface area contributed by atoms with Crippen molar-refractivity contribution in [3.8, 4) is 0 Å². The van der Waals surface area contributed by atoms with Gasteiger partial charge in [0, 0.05) is 22.5 Å². The van der Waals surface area contributed by atoms with Crippen LogP contribution in [0, 0.1) is 10.1 Å². The summed E-state index contributed by atoms with van der Waals surface area (Å²) in [5, 5.41) is 14.3. The first kappa shape index (κ1) is 13.1. The van der Waals surface area contributed by atoms with Gasteiger partial charge in [0.15, 0.2) is 0 Å². The van der Waals surface area contributed by atoms with Crippen molar-refractivity contribution in [3.63, 3.8) is 0 Å². The number of anilines is 1. The van der Waals surface area contributed by atoms with Crippen LogP contribution in [0.1, 0.15) is 4.88 Å². The first-order valence-corrected chi connectivity index (χ1v) is 6.55. The highest BCUT2D eigenvalue weighted by molar-refractivity contribution is 7.16. The fourth-order valence-electron chi connectivity index (χ4n) is 1.44. The van der Waals surface area contributed by atoms with Crippen molar-refractivity contribution >= 4 is 45.9 Å². The number of rotatable bonds is 4. The third kappa shape index (κ3) is 3.13. The van der Waals surface area contributed by atoms with E-state index in [1.54, 1.807) is 6.07 Å². The minimum atomic E-state index is -0.444. The van der Waals surface area contributed by atoms with Gasteiger partial charge < -0.3 is 5.32 Å². The number of thiophene rings is 1. The van der Waals surface area contributed by atoms with E-state index in [9.17, 15) is 10.1 Å². The Hall–Kier alpha value is -1.30. The molecule has 0 bridgehead atoms. The first-order chi connectivity index (χ1) is 8.56. The van der Waals surface area contributed by atoms with Crippen LogP contribution in [0.2, 0.25) is 9.36 Å².